The minimum absolute atomic E-state index is 0.541. The van der Waals surface area contributed by atoms with Gasteiger partial charge in [-0.25, -0.2) is 0 Å². The van der Waals surface area contributed by atoms with Crippen molar-refractivity contribution >= 4 is 11.6 Å². The van der Waals surface area contributed by atoms with Gasteiger partial charge in [0, 0.05) is 18.8 Å². The molecule has 24 heavy (non-hydrogen) atoms. The number of unbranched alkanes of at least 4 members (excludes halogenated alkanes) is 1. The van der Waals surface area contributed by atoms with Crippen LogP contribution in [0.15, 0.2) is 23.2 Å². The van der Waals surface area contributed by atoms with E-state index in [0.29, 0.717) is 5.96 Å². The number of fused-ring (bicyclic) bond motifs is 1. The Kier molecular flexibility index (Phi) is 6.13. The molecule has 0 amide bonds. The summed E-state index contributed by atoms with van der Waals surface area (Å²) in [7, 11) is 0. The third-order valence-electron chi connectivity index (χ3n) is 5.28. The maximum absolute atomic E-state index is 6.02. The van der Waals surface area contributed by atoms with Crippen LogP contribution in [0.25, 0.3) is 0 Å². The minimum atomic E-state index is 0.541. The summed E-state index contributed by atoms with van der Waals surface area (Å²) in [5, 5.41) is 3.24. The van der Waals surface area contributed by atoms with Gasteiger partial charge in [-0.05, 0) is 87.2 Å². The van der Waals surface area contributed by atoms with Gasteiger partial charge in [-0.15, -0.1) is 0 Å². The number of rotatable bonds is 6. The van der Waals surface area contributed by atoms with Crippen molar-refractivity contribution in [2.24, 2.45) is 16.6 Å². The lowest BCUT2D eigenvalue weighted by molar-refractivity contribution is 0.181. The number of nitrogens with zero attached hydrogens (tertiary/aromatic N) is 2. The average molecular weight is 329 g/mol. The normalized spacial score (nSPS) is 21.7. The number of anilines is 1. The highest BCUT2D eigenvalue weighted by Gasteiger charge is 2.15. The third kappa shape index (κ3) is 4.97. The first-order valence-electron chi connectivity index (χ1n) is 9.62. The molecule has 0 saturated carbocycles. The van der Waals surface area contributed by atoms with E-state index in [4.69, 9.17) is 5.73 Å². The van der Waals surface area contributed by atoms with Crippen molar-refractivity contribution in [1.29, 1.82) is 0 Å². The minimum Gasteiger partial charge on any atom is -0.370 e. The predicted octanol–water partition coefficient (Wildman–Crippen LogP) is 3.41. The largest absolute Gasteiger partial charge is 0.370 e. The van der Waals surface area contributed by atoms with E-state index in [0.717, 1.165) is 24.6 Å². The van der Waals surface area contributed by atoms with Crippen LogP contribution in [0.1, 0.15) is 50.2 Å². The molecular weight excluding hydrogens is 296 g/mol. The van der Waals surface area contributed by atoms with Crippen molar-refractivity contribution in [2.75, 3.05) is 31.5 Å². The molecule has 4 heteroatoms. The lowest BCUT2D eigenvalue weighted by atomic mass is 10.0. The lowest BCUT2D eigenvalue weighted by Gasteiger charge is -2.30. The molecule has 0 radical (unpaired) electrons. The summed E-state index contributed by atoms with van der Waals surface area (Å²) in [6.07, 6.45) is 8.76. The van der Waals surface area contributed by atoms with Crippen LogP contribution in [0.4, 0.5) is 5.69 Å². The molecule has 1 aromatic carbocycles. The van der Waals surface area contributed by atoms with Crippen LogP contribution < -0.4 is 11.1 Å². The Morgan fingerprint density at radius 1 is 1.25 bits per heavy atom. The Morgan fingerprint density at radius 2 is 2.12 bits per heavy atom. The molecule has 3 rings (SSSR count). The maximum Gasteiger partial charge on any atom is 0.193 e. The molecule has 0 spiro atoms. The first-order chi connectivity index (χ1) is 11.7. The molecule has 1 heterocycles. The zero-order valence-corrected chi connectivity index (χ0v) is 15.1. The molecule has 0 bridgehead atoms. The summed E-state index contributed by atoms with van der Waals surface area (Å²) in [5.41, 5.74) is 10.0. The maximum atomic E-state index is 6.02. The van der Waals surface area contributed by atoms with Gasteiger partial charge in [-0.1, -0.05) is 13.0 Å². The van der Waals surface area contributed by atoms with Crippen LogP contribution in [0, 0.1) is 5.92 Å². The van der Waals surface area contributed by atoms with Crippen molar-refractivity contribution in [3.05, 3.63) is 29.3 Å². The second kappa shape index (κ2) is 8.52. The summed E-state index contributed by atoms with van der Waals surface area (Å²) >= 11 is 0. The Hall–Kier alpha value is -1.55. The van der Waals surface area contributed by atoms with E-state index in [1.807, 2.05) is 0 Å². The van der Waals surface area contributed by atoms with Gasteiger partial charge in [0.15, 0.2) is 5.96 Å². The second-order valence-electron chi connectivity index (χ2n) is 7.48. The molecule has 1 aromatic rings. The number of benzene rings is 1. The molecule has 1 saturated heterocycles. The van der Waals surface area contributed by atoms with E-state index in [9.17, 15) is 0 Å². The number of aryl methyl sites for hydroxylation is 2. The van der Waals surface area contributed by atoms with Gasteiger partial charge in [-0.2, -0.15) is 0 Å². The molecule has 1 unspecified atom stereocenters. The zero-order chi connectivity index (χ0) is 16.8. The number of hydrogen-bond donors (Lipinski definition) is 2. The fourth-order valence-electron chi connectivity index (χ4n) is 3.97. The number of likely N-dealkylation sites (tertiary alicyclic amines) is 1. The number of aliphatic imine (C=N–C) groups is 1. The van der Waals surface area contributed by atoms with E-state index >= 15 is 0 Å². The molecule has 3 N–H and O–H groups in total. The van der Waals surface area contributed by atoms with Crippen molar-refractivity contribution in [3.8, 4) is 0 Å². The highest BCUT2D eigenvalue weighted by atomic mass is 15.1. The van der Waals surface area contributed by atoms with Gasteiger partial charge in [0.2, 0.25) is 0 Å². The first kappa shape index (κ1) is 17.3. The Balaban J connectivity index is 1.35. The van der Waals surface area contributed by atoms with Gasteiger partial charge in [0.1, 0.15) is 0 Å². The Bertz CT molecular complexity index is 567. The summed E-state index contributed by atoms with van der Waals surface area (Å²) < 4.78 is 0. The molecular formula is C20H32N4. The van der Waals surface area contributed by atoms with Gasteiger partial charge < -0.3 is 16.0 Å². The Morgan fingerprint density at radius 3 is 3.00 bits per heavy atom. The number of piperidine rings is 1. The molecule has 1 fully saturated rings. The fraction of sp³-hybridized carbons (Fsp3) is 0.650. The number of hydrogen-bond acceptors (Lipinski definition) is 2. The monoisotopic (exact) mass is 328 g/mol. The van der Waals surface area contributed by atoms with Gasteiger partial charge >= 0.3 is 0 Å². The third-order valence-corrected chi connectivity index (χ3v) is 5.28. The van der Waals surface area contributed by atoms with Crippen molar-refractivity contribution in [3.63, 3.8) is 0 Å². The topological polar surface area (TPSA) is 53.6 Å². The molecule has 2 aliphatic rings. The summed E-state index contributed by atoms with van der Waals surface area (Å²) in [5.74, 6) is 1.41. The standard InChI is InChI=1S/C20H32N4/c1-16-6-5-13-24(15-16)12-3-2-11-22-20(21)23-19-10-9-17-7-4-8-18(17)14-19/h9-10,14,16H,2-8,11-13,15H2,1H3,(H3,21,22,23). The van der Waals surface area contributed by atoms with E-state index < -0.39 is 0 Å². The predicted molar refractivity (Wildman–Crippen MR) is 103 cm³/mol. The van der Waals surface area contributed by atoms with E-state index in [2.05, 4.69) is 40.3 Å². The quantitative estimate of drug-likeness (QED) is 0.478. The zero-order valence-electron chi connectivity index (χ0n) is 15.1. The summed E-state index contributed by atoms with van der Waals surface area (Å²) in [4.78, 5) is 7.08. The molecule has 1 aliphatic heterocycles. The van der Waals surface area contributed by atoms with Crippen LogP contribution in [0.2, 0.25) is 0 Å². The van der Waals surface area contributed by atoms with E-state index in [1.165, 1.54) is 69.3 Å². The van der Waals surface area contributed by atoms with E-state index in [1.54, 1.807) is 0 Å². The summed E-state index contributed by atoms with van der Waals surface area (Å²) in [6.45, 7) is 6.92. The Labute approximate surface area is 146 Å². The van der Waals surface area contributed by atoms with Gasteiger partial charge in [0.05, 0.1) is 0 Å². The van der Waals surface area contributed by atoms with Crippen LogP contribution in [0.5, 0.6) is 0 Å². The number of nitrogens with two attached hydrogens (primary N) is 1. The number of guanidine groups is 1. The van der Waals surface area contributed by atoms with Crippen LogP contribution >= 0.6 is 0 Å². The average Bonchev–Trinajstić information content (AvgIpc) is 3.02. The van der Waals surface area contributed by atoms with Crippen molar-refractivity contribution in [1.82, 2.24) is 4.90 Å². The number of nitrogens with one attached hydrogen (secondary N) is 1. The molecule has 0 aromatic heterocycles. The van der Waals surface area contributed by atoms with Crippen molar-refractivity contribution < 1.29 is 0 Å². The van der Waals surface area contributed by atoms with Crippen LogP contribution in [0.3, 0.4) is 0 Å². The highest BCUT2D eigenvalue weighted by Crippen LogP contribution is 2.24. The molecule has 1 aliphatic carbocycles. The molecule has 132 valence electrons. The van der Waals surface area contributed by atoms with Gasteiger partial charge in [0.25, 0.3) is 0 Å². The SMILES string of the molecule is CC1CCCN(CCCCN=C(N)Nc2ccc3c(c2)CCC3)C1. The van der Waals surface area contributed by atoms with E-state index in [-0.39, 0.29) is 0 Å². The lowest BCUT2D eigenvalue weighted by Crippen LogP contribution is -2.35. The fourth-order valence-corrected chi connectivity index (χ4v) is 3.97. The van der Waals surface area contributed by atoms with Crippen LogP contribution in [-0.4, -0.2) is 37.0 Å². The molecule has 4 nitrogen and oxygen atoms in total. The molecule has 1 atom stereocenters. The van der Waals surface area contributed by atoms with Gasteiger partial charge in [-0.3, -0.25) is 4.99 Å². The summed E-state index contributed by atoms with van der Waals surface area (Å²) in [6, 6.07) is 6.56. The van der Waals surface area contributed by atoms with Crippen LogP contribution in [-0.2, 0) is 12.8 Å². The highest BCUT2D eigenvalue weighted by molar-refractivity contribution is 5.92. The second-order valence-corrected chi connectivity index (χ2v) is 7.48. The van der Waals surface area contributed by atoms with Crippen molar-refractivity contribution in [2.45, 2.75) is 51.9 Å². The smallest absolute Gasteiger partial charge is 0.193 e. The first-order valence-corrected chi connectivity index (χ1v) is 9.62.